The molecular weight excluding hydrogens is 322 g/mol. The Labute approximate surface area is 146 Å². The number of hydrogen-bond donors (Lipinski definition) is 2. The zero-order valence-corrected chi connectivity index (χ0v) is 14.1. The van der Waals surface area contributed by atoms with Crippen LogP contribution in [0.5, 0.6) is 0 Å². The van der Waals surface area contributed by atoms with Crippen LogP contribution in [0.1, 0.15) is 25.0 Å². The molecule has 8 heteroatoms. The summed E-state index contributed by atoms with van der Waals surface area (Å²) in [7, 11) is 0. The minimum atomic E-state index is -0.593. The molecule has 8 nitrogen and oxygen atoms in total. The number of carbonyl (C=O) groups is 3. The third-order valence-corrected chi connectivity index (χ3v) is 4.56. The van der Waals surface area contributed by atoms with Gasteiger partial charge in [0.15, 0.2) is 0 Å². The third kappa shape index (κ3) is 4.76. The van der Waals surface area contributed by atoms with Crippen LogP contribution in [0.15, 0.2) is 24.4 Å². The zero-order valence-electron chi connectivity index (χ0n) is 14.1. The van der Waals surface area contributed by atoms with E-state index in [1.54, 1.807) is 6.20 Å². The van der Waals surface area contributed by atoms with Gasteiger partial charge in [-0.05, 0) is 25.0 Å². The Kier molecular flexibility index (Phi) is 5.60. The zero-order chi connectivity index (χ0) is 17.6. The van der Waals surface area contributed by atoms with Crippen molar-refractivity contribution in [1.82, 2.24) is 25.4 Å². The fourth-order valence-corrected chi connectivity index (χ4v) is 3.19. The summed E-state index contributed by atoms with van der Waals surface area (Å²) in [6.07, 6.45) is 3.31. The predicted molar refractivity (Wildman–Crippen MR) is 90.4 cm³/mol. The van der Waals surface area contributed by atoms with Gasteiger partial charge in [-0.25, -0.2) is 4.79 Å². The molecule has 1 aromatic heterocycles. The maximum atomic E-state index is 12.4. The Morgan fingerprint density at radius 3 is 2.80 bits per heavy atom. The Morgan fingerprint density at radius 2 is 2.08 bits per heavy atom. The molecule has 2 saturated heterocycles. The highest BCUT2D eigenvalue weighted by molar-refractivity contribution is 6.04. The van der Waals surface area contributed by atoms with Gasteiger partial charge in [0.05, 0.1) is 5.69 Å². The number of hydrogen-bond acceptors (Lipinski definition) is 5. The molecule has 2 N–H and O–H groups in total. The number of rotatable bonds is 5. The van der Waals surface area contributed by atoms with Gasteiger partial charge in [0.25, 0.3) is 5.91 Å². The second kappa shape index (κ2) is 8.06. The van der Waals surface area contributed by atoms with Crippen LogP contribution in [-0.2, 0) is 16.1 Å². The summed E-state index contributed by atoms with van der Waals surface area (Å²) in [5.74, 6) is -0.316. The van der Waals surface area contributed by atoms with E-state index in [1.807, 2.05) is 23.1 Å². The molecule has 0 aliphatic carbocycles. The Hall–Kier alpha value is -2.48. The van der Waals surface area contributed by atoms with E-state index in [1.165, 1.54) is 0 Å². The van der Waals surface area contributed by atoms with Crippen molar-refractivity contribution in [3.8, 4) is 0 Å². The number of imide groups is 1. The first-order valence-electron chi connectivity index (χ1n) is 8.63. The van der Waals surface area contributed by atoms with E-state index in [4.69, 9.17) is 0 Å². The maximum Gasteiger partial charge on any atom is 0.322 e. The molecule has 0 spiro atoms. The average molecular weight is 345 g/mol. The monoisotopic (exact) mass is 345 g/mol. The van der Waals surface area contributed by atoms with Crippen LogP contribution >= 0.6 is 0 Å². The molecule has 2 aliphatic rings. The summed E-state index contributed by atoms with van der Waals surface area (Å²) in [5.41, 5.74) is 1.03. The average Bonchev–Trinajstić information content (AvgIpc) is 2.79. The molecule has 25 heavy (non-hydrogen) atoms. The van der Waals surface area contributed by atoms with Crippen LogP contribution in [0, 0.1) is 0 Å². The van der Waals surface area contributed by atoms with Gasteiger partial charge in [-0.1, -0.05) is 6.07 Å². The second-order valence-electron chi connectivity index (χ2n) is 6.39. The number of carbonyl (C=O) groups excluding carboxylic acids is 3. The molecule has 3 heterocycles. The number of aromatic nitrogens is 1. The lowest BCUT2D eigenvalue weighted by Crippen LogP contribution is -2.37. The van der Waals surface area contributed by atoms with Crippen molar-refractivity contribution in [3.05, 3.63) is 30.1 Å². The number of pyridine rings is 1. The normalized spacial score (nSPS) is 21.6. The highest BCUT2D eigenvalue weighted by atomic mass is 16.2. The molecule has 0 unspecified atom stereocenters. The first kappa shape index (κ1) is 17.3. The van der Waals surface area contributed by atoms with E-state index >= 15 is 0 Å². The van der Waals surface area contributed by atoms with Crippen molar-refractivity contribution in [3.63, 3.8) is 0 Å². The first-order chi connectivity index (χ1) is 12.1. The molecule has 0 aromatic carbocycles. The summed E-state index contributed by atoms with van der Waals surface area (Å²) in [4.78, 5) is 43.5. The quantitative estimate of drug-likeness (QED) is 0.739. The van der Waals surface area contributed by atoms with Crippen LogP contribution in [0.4, 0.5) is 4.79 Å². The Bertz CT molecular complexity index is 636. The van der Waals surface area contributed by atoms with E-state index < -0.39 is 12.1 Å². The van der Waals surface area contributed by atoms with Crippen molar-refractivity contribution in [2.45, 2.75) is 31.8 Å². The highest BCUT2D eigenvalue weighted by Crippen LogP contribution is 2.10. The van der Waals surface area contributed by atoms with Gasteiger partial charge >= 0.3 is 6.03 Å². The summed E-state index contributed by atoms with van der Waals surface area (Å²) in [5, 5.41) is 4.71. The van der Waals surface area contributed by atoms with Crippen molar-refractivity contribution in [2.24, 2.45) is 0 Å². The van der Waals surface area contributed by atoms with Gasteiger partial charge < -0.3 is 10.2 Å². The minimum Gasteiger partial charge on any atom is -0.341 e. The summed E-state index contributed by atoms with van der Waals surface area (Å²) in [6, 6.07) is 4.81. The van der Waals surface area contributed by atoms with Gasteiger partial charge in [0.1, 0.15) is 6.04 Å². The molecule has 1 atom stereocenters. The molecule has 3 rings (SSSR count). The van der Waals surface area contributed by atoms with Crippen molar-refractivity contribution < 1.29 is 14.4 Å². The molecule has 0 bridgehead atoms. The minimum absolute atomic E-state index is 0.0358. The molecular formula is C17H23N5O3. The smallest absolute Gasteiger partial charge is 0.322 e. The lowest BCUT2D eigenvalue weighted by molar-refractivity contribution is -0.131. The van der Waals surface area contributed by atoms with Crippen LogP contribution < -0.4 is 10.6 Å². The van der Waals surface area contributed by atoms with Gasteiger partial charge in [-0.2, -0.15) is 0 Å². The third-order valence-electron chi connectivity index (χ3n) is 4.56. The van der Waals surface area contributed by atoms with E-state index in [0.29, 0.717) is 13.0 Å². The van der Waals surface area contributed by atoms with E-state index in [2.05, 4.69) is 20.5 Å². The van der Waals surface area contributed by atoms with E-state index in [9.17, 15) is 14.4 Å². The Balaban J connectivity index is 1.45. The summed E-state index contributed by atoms with van der Waals surface area (Å²) < 4.78 is 0. The maximum absolute atomic E-state index is 12.4. The van der Waals surface area contributed by atoms with Crippen LogP contribution in [-0.4, -0.2) is 64.9 Å². The van der Waals surface area contributed by atoms with Crippen LogP contribution in [0.2, 0.25) is 0 Å². The predicted octanol–water partition coefficient (Wildman–Crippen LogP) is 0.104. The molecule has 2 fully saturated rings. The number of urea groups is 1. The van der Waals surface area contributed by atoms with E-state index in [0.717, 1.165) is 38.3 Å². The lowest BCUT2D eigenvalue weighted by Gasteiger charge is -2.22. The molecule has 2 aliphatic heterocycles. The Morgan fingerprint density at radius 1 is 1.20 bits per heavy atom. The number of amides is 4. The topological polar surface area (TPSA) is 94.6 Å². The van der Waals surface area contributed by atoms with Gasteiger partial charge in [-0.15, -0.1) is 0 Å². The largest absolute Gasteiger partial charge is 0.341 e. The highest BCUT2D eigenvalue weighted by Gasteiger charge is 2.30. The van der Waals surface area contributed by atoms with Crippen molar-refractivity contribution >= 4 is 17.8 Å². The molecule has 1 aromatic rings. The molecule has 134 valence electrons. The van der Waals surface area contributed by atoms with Crippen molar-refractivity contribution in [2.75, 3.05) is 26.2 Å². The summed E-state index contributed by atoms with van der Waals surface area (Å²) >= 11 is 0. The van der Waals surface area contributed by atoms with Gasteiger partial charge in [0, 0.05) is 45.3 Å². The van der Waals surface area contributed by atoms with Crippen LogP contribution in [0.25, 0.3) is 0 Å². The molecule has 4 amide bonds. The van der Waals surface area contributed by atoms with Crippen molar-refractivity contribution in [1.29, 1.82) is 0 Å². The molecule has 0 saturated carbocycles. The fraction of sp³-hybridized carbons (Fsp3) is 0.529. The van der Waals surface area contributed by atoms with E-state index in [-0.39, 0.29) is 18.2 Å². The second-order valence-corrected chi connectivity index (χ2v) is 6.39. The standard InChI is InChI=1S/C17H23N5O3/c23-15(6-5-14-16(24)20-17(25)19-14)22-9-3-8-21(10-11-22)12-13-4-1-2-7-18-13/h1-2,4,7,14H,3,5-6,8-12H2,(H2,19,20,24,25)/t14-/m1/s1. The fourth-order valence-electron chi connectivity index (χ4n) is 3.19. The van der Waals surface area contributed by atoms with Crippen LogP contribution in [0.3, 0.4) is 0 Å². The lowest BCUT2D eigenvalue weighted by atomic mass is 10.1. The number of nitrogens with zero attached hydrogens (tertiary/aromatic N) is 3. The molecule has 0 radical (unpaired) electrons. The first-order valence-corrected chi connectivity index (χ1v) is 8.63. The van der Waals surface area contributed by atoms with Gasteiger partial charge in [-0.3, -0.25) is 24.8 Å². The van der Waals surface area contributed by atoms with Gasteiger partial charge in [0.2, 0.25) is 5.91 Å². The summed E-state index contributed by atoms with van der Waals surface area (Å²) in [6.45, 7) is 3.93. The number of nitrogens with one attached hydrogen (secondary N) is 2. The SMILES string of the molecule is O=C1NC(=O)[C@@H](CCC(=O)N2CCCN(Cc3ccccn3)CC2)N1.